The van der Waals surface area contributed by atoms with Crippen LogP contribution in [0.4, 0.5) is 0 Å². The van der Waals surface area contributed by atoms with Gasteiger partial charge in [-0.1, -0.05) is 18.2 Å². The maximum absolute atomic E-state index is 10.7. The van der Waals surface area contributed by atoms with Crippen LogP contribution in [0.1, 0.15) is 11.3 Å². The van der Waals surface area contributed by atoms with E-state index in [2.05, 4.69) is 4.98 Å². The number of carbonyl (C=O) groups is 1. The molecule has 1 N–H and O–H groups in total. The van der Waals surface area contributed by atoms with Gasteiger partial charge in [0.25, 0.3) is 0 Å². The molecule has 0 amide bonds. The predicted octanol–water partition coefficient (Wildman–Crippen LogP) is 2.69. The summed E-state index contributed by atoms with van der Waals surface area (Å²) in [6.45, 7) is 1.82. The third-order valence-electron chi connectivity index (χ3n) is 2.92. The number of aryl methyl sites for hydroxylation is 1. The van der Waals surface area contributed by atoms with Gasteiger partial charge in [-0.25, -0.2) is 0 Å². The van der Waals surface area contributed by atoms with Crippen molar-refractivity contribution in [3.05, 3.63) is 47.7 Å². The van der Waals surface area contributed by atoms with Crippen molar-refractivity contribution >= 4 is 5.97 Å². The summed E-state index contributed by atoms with van der Waals surface area (Å²) in [7, 11) is 1.62. The first-order chi connectivity index (χ1) is 9.11. The Morgan fingerprint density at radius 3 is 2.63 bits per heavy atom. The molecule has 19 heavy (non-hydrogen) atoms. The Bertz CT molecular complexity index is 608. The lowest BCUT2D eigenvalue weighted by atomic mass is 10.1. The van der Waals surface area contributed by atoms with Crippen LogP contribution in [0.15, 0.2) is 36.4 Å². The highest BCUT2D eigenvalue weighted by molar-refractivity contribution is 5.72. The first kappa shape index (κ1) is 13.1. The molecule has 0 spiro atoms. The van der Waals surface area contributed by atoms with Gasteiger partial charge in [-0.2, -0.15) is 0 Å². The van der Waals surface area contributed by atoms with Gasteiger partial charge in [0, 0.05) is 11.3 Å². The van der Waals surface area contributed by atoms with Gasteiger partial charge in [-0.05, 0) is 30.7 Å². The van der Waals surface area contributed by atoms with Crippen molar-refractivity contribution in [1.82, 2.24) is 4.98 Å². The Hall–Kier alpha value is -2.36. The molecular weight excluding hydrogens is 242 g/mol. The van der Waals surface area contributed by atoms with Crippen molar-refractivity contribution in [3.63, 3.8) is 0 Å². The molecule has 0 saturated heterocycles. The molecule has 0 aliphatic rings. The zero-order valence-electron chi connectivity index (χ0n) is 10.9. The van der Waals surface area contributed by atoms with Gasteiger partial charge in [0.05, 0.1) is 19.2 Å². The number of nitrogens with zero attached hydrogens (tertiary/aromatic N) is 1. The molecule has 2 aromatic rings. The molecular formula is C15H15NO3. The van der Waals surface area contributed by atoms with Gasteiger partial charge < -0.3 is 9.84 Å². The summed E-state index contributed by atoms with van der Waals surface area (Å²) < 4.78 is 5.30. The largest absolute Gasteiger partial charge is 0.496 e. The summed E-state index contributed by atoms with van der Waals surface area (Å²) >= 11 is 0. The average molecular weight is 257 g/mol. The molecule has 1 aromatic carbocycles. The van der Waals surface area contributed by atoms with E-state index in [4.69, 9.17) is 9.84 Å². The number of methoxy groups -OCH3 is 1. The lowest BCUT2D eigenvalue weighted by molar-refractivity contribution is -0.136. The van der Waals surface area contributed by atoms with E-state index < -0.39 is 5.97 Å². The van der Waals surface area contributed by atoms with E-state index >= 15 is 0 Å². The highest BCUT2D eigenvalue weighted by Gasteiger charge is 2.10. The van der Waals surface area contributed by atoms with Crippen LogP contribution < -0.4 is 4.74 Å². The number of carboxylic acid groups (broad SMARTS) is 1. The smallest absolute Gasteiger partial charge is 0.307 e. The Morgan fingerprint density at radius 1 is 1.26 bits per heavy atom. The molecule has 0 saturated carbocycles. The van der Waals surface area contributed by atoms with Crippen LogP contribution in [-0.4, -0.2) is 23.2 Å². The summed E-state index contributed by atoms with van der Waals surface area (Å²) in [5.74, 6) is -0.102. The minimum Gasteiger partial charge on any atom is -0.496 e. The first-order valence-electron chi connectivity index (χ1n) is 5.93. The van der Waals surface area contributed by atoms with Gasteiger partial charge in [0.2, 0.25) is 0 Å². The van der Waals surface area contributed by atoms with Crippen molar-refractivity contribution in [2.45, 2.75) is 13.3 Å². The van der Waals surface area contributed by atoms with Crippen LogP contribution >= 0.6 is 0 Å². The van der Waals surface area contributed by atoms with Crippen molar-refractivity contribution in [2.24, 2.45) is 0 Å². The van der Waals surface area contributed by atoms with E-state index in [0.717, 1.165) is 28.3 Å². The second-order valence-corrected chi connectivity index (χ2v) is 4.21. The number of aliphatic carboxylic acids is 1. The molecule has 2 rings (SSSR count). The molecule has 0 aliphatic carbocycles. The predicted molar refractivity (Wildman–Crippen MR) is 72.3 cm³/mol. The van der Waals surface area contributed by atoms with Gasteiger partial charge in [-0.15, -0.1) is 0 Å². The number of pyridine rings is 1. The van der Waals surface area contributed by atoms with Gasteiger partial charge in [0.1, 0.15) is 5.75 Å². The zero-order valence-corrected chi connectivity index (χ0v) is 10.9. The summed E-state index contributed by atoms with van der Waals surface area (Å²) in [6, 6.07) is 11.2. The maximum Gasteiger partial charge on any atom is 0.307 e. The Balaban J connectivity index is 2.41. The van der Waals surface area contributed by atoms with E-state index in [1.165, 1.54) is 0 Å². The fourth-order valence-corrected chi connectivity index (χ4v) is 1.95. The SMILES string of the molecule is COc1ccccc1-c1ccc(CC(=O)O)c(C)n1. The molecule has 0 unspecified atom stereocenters. The summed E-state index contributed by atoms with van der Waals surface area (Å²) in [4.78, 5) is 15.2. The van der Waals surface area contributed by atoms with E-state index in [1.54, 1.807) is 13.2 Å². The van der Waals surface area contributed by atoms with Crippen molar-refractivity contribution in [2.75, 3.05) is 7.11 Å². The number of hydrogen-bond acceptors (Lipinski definition) is 3. The molecule has 4 nitrogen and oxygen atoms in total. The molecule has 1 aromatic heterocycles. The number of carboxylic acids is 1. The minimum absolute atomic E-state index is 0.00889. The number of hydrogen-bond donors (Lipinski definition) is 1. The normalized spacial score (nSPS) is 10.2. The maximum atomic E-state index is 10.7. The fraction of sp³-hybridized carbons (Fsp3) is 0.200. The number of ether oxygens (including phenoxy) is 1. The number of rotatable bonds is 4. The third-order valence-corrected chi connectivity index (χ3v) is 2.92. The van der Waals surface area contributed by atoms with Gasteiger partial charge in [-0.3, -0.25) is 9.78 Å². The minimum atomic E-state index is -0.852. The fourth-order valence-electron chi connectivity index (χ4n) is 1.95. The van der Waals surface area contributed by atoms with Crippen molar-refractivity contribution in [3.8, 4) is 17.0 Å². The Kier molecular flexibility index (Phi) is 3.80. The molecule has 98 valence electrons. The van der Waals surface area contributed by atoms with Crippen molar-refractivity contribution < 1.29 is 14.6 Å². The van der Waals surface area contributed by atoms with Crippen LogP contribution in [0.3, 0.4) is 0 Å². The highest BCUT2D eigenvalue weighted by atomic mass is 16.5. The molecule has 0 atom stereocenters. The standard InChI is InChI=1S/C15H15NO3/c1-10-11(9-15(17)18)7-8-13(16-10)12-5-3-4-6-14(12)19-2/h3-8H,9H2,1-2H3,(H,17,18). The number of benzene rings is 1. The average Bonchev–Trinajstić information content (AvgIpc) is 2.40. The van der Waals surface area contributed by atoms with E-state index in [9.17, 15) is 4.79 Å². The van der Waals surface area contributed by atoms with Crippen LogP contribution in [0, 0.1) is 6.92 Å². The monoisotopic (exact) mass is 257 g/mol. The zero-order chi connectivity index (χ0) is 13.8. The quantitative estimate of drug-likeness (QED) is 0.914. The Morgan fingerprint density at radius 2 is 2.00 bits per heavy atom. The summed E-state index contributed by atoms with van der Waals surface area (Å²) in [5, 5.41) is 8.81. The van der Waals surface area contributed by atoms with E-state index in [1.807, 2.05) is 37.3 Å². The molecule has 0 radical (unpaired) electrons. The summed E-state index contributed by atoms with van der Waals surface area (Å²) in [6.07, 6.45) is -0.00889. The molecule has 0 aliphatic heterocycles. The van der Waals surface area contributed by atoms with Crippen LogP contribution in [0.2, 0.25) is 0 Å². The molecule has 4 heteroatoms. The molecule has 0 bridgehead atoms. The van der Waals surface area contributed by atoms with Crippen LogP contribution in [0.25, 0.3) is 11.3 Å². The lowest BCUT2D eigenvalue weighted by Gasteiger charge is -2.09. The van der Waals surface area contributed by atoms with Gasteiger partial charge >= 0.3 is 5.97 Å². The first-order valence-corrected chi connectivity index (χ1v) is 5.93. The Labute approximate surface area is 111 Å². The van der Waals surface area contributed by atoms with Gasteiger partial charge in [0.15, 0.2) is 0 Å². The van der Waals surface area contributed by atoms with Crippen LogP contribution in [-0.2, 0) is 11.2 Å². The second-order valence-electron chi connectivity index (χ2n) is 4.21. The highest BCUT2D eigenvalue weighted by Crippen LogP contribution is 2.28. The molecule has 1 heterocycles. The van der Waals surface area contributed by atoms with E-state index in [0.29, 0.717) is 0 Å². The molecule has 0 fully saturated rings. The third kappa shape index (κ3) is 2.91. The van der Waals surface area contributed by atoms with Crippen LogP contribution in [0.5, 0.6) is 5.75 Å². The lowest BCUT2D eigenvalue weighted by Crippen LogP contribution is -2.03. The summed E-state index contributed by atoms with van der Waals surface area (Å²) in [5.41, 5.74) is 3.14. The van der Waals surface area contributed by atoms with Crippen molar-refractivity contribution in [1.29, 1.82) is 0 Å². The number of para-hydroxylation sites is 1. The topological polar surface area (TPSA) is 59.4 Å². The number of aromatic nitrogens is 1. The second kappa shape index (κ2) is 5.52. The van der Waals surface area contributed by atoms with E-state index in [-0.39, 0.29) is 6.42 Å².